The van der Waals surface area contributed by atoms with Crippen LogP contribution in [-0.2, 0) is 23.7 Å². The Bertz CT molecular complexity index is 5940. The smallest absolute Gasteiger partial charge is 0.164 e. The zero-order valence-corrected chi connectivity index (χ0v) is 62.0. The van der Waals surface area contributed by atoms with E-state index >= 15 is 0 Å². The number of phenolic OH excluding ortho intramolecular Hbond substituents is 1. The molecule has 3 heterocycles. The molecule has 0 fully saturated rings. The van der Waals surface area contributed by atoms with Crippen LogP contribution in [0.25, 0.3) is 162 Å². The van der Waals surface area contributed by atoms with E-state index in [0.29, 0.717) is 11.5 Å². The van der Waals surface area contributed by atoms with Gasteiger partial charge >= 0.3 is 0 Å². The van der Waals surface area contributed by atoms with Crippen molar-refractivity contribution in [2.75, 3.05) is 0 Å². The molecule has 0 saturated carbocycles. The number of fused-ring (bicyclic) bond motifs is 7. The molecule has 0 unspecified atom stereocenters. The van der Waals surface area contributed by atoms with Crippen LogP contribution in [0.1, 0.15) is 97.2 Å². The number of aromatic nitrogens is 3. The lowest BCUT2D eigenvalue weighted by atomic mass is 9.78. The van der Waals surface area contributed by atoms with Gasteiger partial charge in [-0.25, -0.2) is 9.97 Å². The van der Waals surface area contributed by atoms with Crippen molar-refractivity contribution in [2.24, 2.45) is 0 Å². The van der Waals surface area contributed by atoms with E-state index in [0.717, 1.165) is 185 Å². The lowest BCUT2D eigenvalue weighted by molar-refractivity contribution is 0.476. The van der Waals surface area contributed by atoms with Gasteiger partial charge < -0.3 is 9.52 Å². The van der Waals surface area contributed by atoms with Gasteiger partial charge in [-0.3, -0.25) is 4.57 Å². The number of furan rings is 1. The summed E-state index contributed by atoms with van der Waals surface area (Å²) >= 11 is 0. The summed E-state index contributed by atoms with van der Waals surface area (Å²) in [6.07, 6.45) is 1.62. The Morgan fingerprint density at radius 3 is 1.41 bits per heavy atom. The van der Waals surface area contributed by atoms with E-state index in [1.165, 1.54) is 33.4 Å². The van der Waals surface area contributed by atoms with Gasteiger partial charge in [-0.1, -0.05) is 282 Å². The summed E-state index contributed by atoms with van der Waals surface area (Å²) in [6.45, 7) is 27.2. The molecule has 0 amide bonds. The zero-order valence-electron chi connectivity index (χ0n) is 62.0. The Morgan fingerprint density at radius 2 is 0.848 bits per heavy atom. The minimum atomic E-state index is -0.211. The molecule has 3 aromatic heterocycles. The summed E-state index contributed by atoms with van der Waals surface area (Å²) in [5.74, 6) is 0.921. The fourth-order valence-corrected chi connectivity index (χ4v) is 16.7. The first kappa shape index (κ1) is 66.3. The Morgan fingerprint density at radius 1 is 0.352 bits per heavy atom. The van der Waals surface area contributed by atoms with Gasteiger partial charge in [0, 0.05) is 21.9 Å². The van der Waals surface area contributed by atoms with E-state index in [2.05, 4.69) is 342 Å². The van der Waals surface area contributed by atoms with Crippen molar-refractivity contribution in [3.8, 4) is 134 Å². The Labute approximate surface area is 616 Å². The summed E-state index contributed by atoms with van der Waals surface area (Å²) in [6, 6.07) is 98.8. The molecule has 0 radical (unpaired) electrons. The quantitative estimate of drug-likeness (QED) is 0.140. The number of pyridine rings is 1. The van der Waals surface area contributed by atoms with E-state index in [1.54, 1.807) is 6.07 Å². The molecule has 0 saturated heterocycles. The Kier molecular flexibility index (Phi) is 16.3. The molecule has 13 aromatic carbocycles. The summed E-state index contributed by atoms with van der Waals surface area (Å²) in [5.41, 5.74) is 37.5. The van der Waals surface area contributed by atoms with Gasteiger partial charge in [-0.15, -0.1) is 0 Å². The summed E-state index contributed by atoms with van der Waals surface area (Å²) in [5, 5.41) is 13.9. The van der Waals surface area contributed by atoms with E-state index < -0.39 is 0 Å². The van der Waals surface area contributed by atoms with Crippen molar-refractivity contribution in [3.63, 3.8) is 0 Å². The molecule has 0 aliphatic heterocycles. The second kappa shape index (κ2) is 25.8. The second-order valence-corrected chi connectivity index (χ2v) is 31.4. The number of imidazole rings is 1. The standard InChI is InChI=1S/C100H85N3O2/c1-59-45-60(2)48-71(47-59)78-33-23-34-79(72-49-61(3)46-62(4)50-72)93(78)84-57-75(58-89-94(84)82-32-19-20-38-88(82)105-89)90-83(42-44-86-96(90)102-98(103(86)97-63(5)25-21-26-64(97)6)85-43-41-68-40-39-67-31-22-37-87(104)91(67)95(68)101-85)92-80(73-51-69(65-27-15-13-16-28-65)53-76(55-73)99(7,8)9)35-24-36-81(92)74-52-70(66-29-17-14-18-30-66)54-77(56-74)100(10,11)12/h13-38,41-58,104H,39-40H2,1-12H3. The SMILES string of the molecule is Cc1cc(C)cc(-c2cccc(-c3cc(C)cc(C)c3)c2-c2cc(-c3c(-c4c(-c5cc(-c6ccccc6)cc(C(C)(C)C)c5)cccc4-c4cc(-c5ccccc5)cc(C(C)(C)C)c4)ccc4c3nc(-c3ccc5c(n3)-c3c(O)cccc3CC5)n4-c3c(C)cccc3C)cc3oc4ccccc4c23)c1. The highest BCUT2D eigenvalue weighted by Crippen LogP contribution is 2.54. The van der Waals surface area contributed by atoms with Crippen LogP contribution in [0.5, 0.6) is 5.75 Å². The van der Waals surface area contributed by atoms with Crippen LogP contribution in [-0.4, -0.2) is 19.6 Å². The van der Waals surface area contributed by atoms with Crippen LogP contribution >= 0.6 is 0 Å². The highest BCUT2D eigenvalue weighted by Gasteiger charge is 2.32. The third-order valence-corrected chi connectivity index (χ3v) is 21.7. The molecule has 0 atom stereocenters. The first-order valence-corrected chi connectivity index (χ1v) is 36.9. The van der Waals surface area contributed by atoms with E-state index in [9.17, 15) is 5.11 Å². The van der Waals surface area contributed by atoms with Crippen LogP contribution in [0.2, 0.25) is 0 Å². The number of aromatic hydroxyl groups is 1. The van der Waals surface area contributed by atoms with Gasteiger partial charge in [0.1, 0.15) is 22.6 Å². The fraction of sp³-hybridized carbons (Fsp3) is 0.160. The van der Waals surface area contributed by atoms with Crippen LogP contribution in [0.15, 0.2) is 271 Å². The monoisotopic (exact) mass is 1360 g/mol. The molecular weight excluding hydrogens is 1280 g/mol. The molecule has 512 valence electrons. The molecular formula is C100H85N3O2. The van der Waals surface area contributed by atoms with E-state index in [-0.39, 0.29) is 16.6 Å². The lowest BCUT2D eigenvalue weighted by Gasteiger charge is -2.25. The molecule has 16 aromatic rings. The predicted octanol–water partition coefficient (Wildman–Crippen LogP) is 26.9. The third-order valence-electron chi connectivity index (χ3n) is 21.7. The summed E-state index contributed by atoms with van der Waals surface area (Å²) in [7, 11) is 0. The summed E-state index contributed by atoms with van der Waals surface area (Å²) in [4.78, 5) is 11.9. The average molecular weight is 1360 g/mol. The topological polar surface area (TPSA) is 64.1 Å². The second-order valence-electron chi connectivity index (χ2n) is 31.4. The molecule has 5 nitrogen and oxygen atoms in total. The first-order chi connectivity index (χ1) is 50.7. The van der Waals surface area contributed by atoms with Gasteiger partial charge in [-0.2, -0.15) is 0 Å². The van der Waals surface area contributed by atoms with Gasteiger partial charge in [0.25, 0.3) is 0 Å². The van der Waals surface area contributed by atoms with Crippen LogP contribution in [0.4, 0.5) is 0 Å². The lowest BCUT2D eigenvalue weighted by Crippen LogP contribution is -2.11. The minimum absolute atomic E-state index is 0.211. The van der Waals surface area contributed by atoms with Crippen molar-refractivity contribution in [2.45, 2.75) is 107 Å². The highest BCUT2D eigenvalue weighted by molar-refractivity contribution is 6.19. The van der Waals surface area contributed by atoms with Crippen molar-refractivity contribution in [3.05, 3.63) is 323 Å². The van der Waals surface area contributed by atoms with Crippen molar-refractivity contribution >= 4 is 33.0 Å². The summed E-state index contributed by atoms with van der Waals surface area (Å²) < 4.78 is 9.79. The minimum Gasteiger partial charge on any atom is -0.507 e. The number of rotatable bonds is 11. The highest BCUT2D eigenvalue weighted by atomic mass is 16.3. The van der Waals surface area contributed by atoms with Crippen molar-refractivity contribution in [1.29, 1.82) is 0 Å². The van der Waals surface area contributed by atoms with Gasteiger partial charge in [0.2, 0.25) is 0 Å². The number of nitrogens with zero attached hydrogens (tertiary/aromatic N) is 3. The maximum atomic E-state index is 11.8. The van der Waals surface area contributed by atoms with E-state index in [1.807, 2.05) is 6.07 Å². The average Bonchev–Trinajstić information content (AvgIpc) is 1.68. The maximum absolute atomic E-state index is 11.8. The number of para-hydroxylation sites is 2. The largest absolute Gasteiger partial charge is 0.507 e. The van der Waals surface area contributed by atoms with Crippen LogP contribution < -0.4 is 0 Å². The van der Waals surface area contributed by atoms with Gasteiger partial charge in [-0.05, 0) is 242 Å². The van der Waals surface area contributed by atoms with Crippen molar-refractivity contribution < 1.29 is 9.52 Å². The molecule has 1 aliphatic carbocycles. The molecule has 0 bridgehead atoms. The van der Waals surface area contributed by atoms with Crippen LogP contribution in [0.3, 0.4) is 0 Å². The third kappa shape index (κ3) is 11.9. The van der Waals surface area contributed by atoms with Gasteiger partial charge in [0.05, 0.1) is 22.4 Å². The molecule has 0 spiro atoms. The number of hydrogen-bond donors (Lipinski definition) is 1. The molecule has 1 aliphatic rings. The van der Waals surface area contributed by atoms with E-state index in [4.69, 9.17) is 14.4 Å². The maximum Gasteiger partial charge on any atom is 0.164 e. The fourth-order valence-electron chi connectivity index (χ4n) is 16.7. The number of benzene rings is 13. The van der Waals surface area contributed by atoms with Crippen LogP contribution in [0, 0.1) is 41.5 Å². The predicted molar refractivity (Wildman–Crippen MR) is 441 cm³/mol. The number of hydrogen-bond acceptors (Lipinski definition) is 4. The Balaban J connectivity index is 1.08. The molecule has 1 N–H and O–H groups in total. The Hall–Kier alpha value is -11.9. The van der Waals surface area contributed by atoms with Gasteiger partial charge in [0.15, 0.2) is 5.82 Å². The molecule has 5 heteroatoms. The zero-order chi connectivity index (χ0) is 72.3. The number of aryl methyl sites for hydroxylation is 8. The first-order valence-electron chi connectivity index (χ1n) is 36.9. The molecule has 105 heavy (non-hydrogen) atoms. The molecule has 17 rings (SSSR count). The van der Waals surface area contributed by atoms with Crippen molar-refractivity contribution in [1.82, 2.24) is 14.5 Å². The normalized spacial score (nSPS) is 12.3. The number of phenols is 1.